The molecule has 2 heterocycles. The molecular weight excluding hydrogens is 443 g/mol. The quantitative estimate of drug-likeness (QED) is 0.331. The van der Waals surface area contributed by atoms with Crippen LogP contribution in [0, 0.1) is 5.82 Å². The molecule has 162 valence electrons. The number of aromatic nitrogens is 3. The van der Waals surface area contributed by atoms with E-state index in [1.807, 2.05) is 36.4 Å². The third-order valence-corrected chi connectivity index (χ3v) is 7.32. The molecule has 1 saturated carbocycles. The fourth-order valence-electron chi connectivity index (χ4n) is 3.52. The Balaban J connectivity index is 1.43. The molecule has 1 N–H and O–H groups in total. The van der Waals surface area contributed by atoms with Crippen molar-refractivity contribution >= 4 is 34.7 Å². The van der Waals surface area contributed by atoms with Crippen molar-refractivity contribution in [2.75, 3.05) is 5.32 Å². The fraction of sp³-hybridized carbons (Fsp3) is 0.208. The van der Waals surface area contributed by atoms with Gasteiger partial charge in [0, 0.05) is 23.0 Å². The molecule has 0 aliphatic heterocycles. The molecule has 2 aromatic carbocycles. The second-order valence-electron chi connectivity index (χ2n) is 7.66. The van der Waals surface area contributed by atoms with Crippen molar-refractivity contribution in [2.24, 2.45) is 0 Å². The summed E-state index contributed by atoms with van der Waals surface area (Å²) in [4.78, 5) is 14.5. The maximum Gasteiger partial charge on any atom is 0.242 e. The Labute approximate surface area is 193 Å². The SMILES string of the molecule is O=C(Nc1ccc(F)cc1)[C@@H](Sc1nnc(Cc2cccs2)n1C1CC1)c1ccccc1. The highest BCUT2D eigenvalue weighted by Gasteiger charge is 2.32. The van der Waals surface area contributed by atoms with Crippen LogP contribution >= 0.6 is 23.1 Å². The molecule has 0 spiro atoms. The van der Waals surface area contributed by atoms with E-state index >= 15 is 0 Å². The molecular formula is C24H21FN4OS2. The average molecular weight is 465 g/mol. The summed E-state index contributed by atoms with van der Waals surface area (Å²) in [7, 11) is 0. The predicted octanol–water partition coefficient (Wildman–Crippen LogP) is 5.88. The van der Waals surface area contributed by atoms with Crippen LogP contribution in [-0.2, 0) is 11.2 Å². The molecule has 0 saturated heterocycles. The van der Waals surface area contributed by atoms with Gasteiger partial charge in [-0.25, -0.2) is 4.39 Å². The van der Waals surface area contributed by atoms with Crippen molar-refractivity contribution in [3.05, 3.63) is 94.2 Å². The van der Waals surface area contributed by atoms with Gasteiger partial charge in [-0.1, -0.05) is 48.2 Å². The number of thioether (sulfide) groups is 1. The van der Waals surface area contributed by atoms with E-state index in [1.54, 1.807) is 23.5 Å². The van der Waals surface area contributed by atoms with E-state index in [-0.39, 0.29) is 11.7 Å². The Morgan fingerprint density at radius 3 is 2.56 bits per heavy atom. The molecule has 1 atom stereocenters. The van der Waals surface area contributed by atoms with Crippen LogP contribution in [0.2, 0.25) is 0 Å². The van der Waals surface area contributed by atoms with Gasteiger partial charge in [-0.15, -0.1) is 21.5 Å². The lowest BCUT2D eigenvalue weighted by molar-refractivity contribution is -0.115. The first-order chi connectivity index (χ1) is 15.7. The summed E-state index contributed by atoms with van der Waals surface area (Å²) >= 11 is 3.11. The molecule has 32 heavy (non-hydrogen) atoms. The summed E-state index contributed by atoms with van der Waals surface area (Å²) in [6, 6.07) is 20.0. The van der Waals surface area contributed by atoms with Gasteiger partial charge in [-0.3, -0.25) is 4.79 Å². The summed E-state index contributed by atoms with van der Waals surface area (Å²) in [5, 5.41) is 14.2. The summed E-state index contributed by atoms with van der Waals surface area (Å²) in [6.07, 6.45) is 2.93. The molecule has 0 radical (unpaired) electrons. The van der Waals surface area contributed by atoms with Gasteiger partial charge in [-0.2, -0.15) is 0 Å². The lowest BCUT2D eigenvalue weighted by Gasteiger charge is -2.17. The van der Waals surface area contributed by atoms with E-state index in [1.165, 1.54) is 28.8 Å². The van der Waals surface area contributed by atoms with Crippen molar-refractivity contribution < 1.29 is 9.18 Å². The molecule has 5 nitrogen and oxygen atoms in total. The zero-order valence-corrected chi connectivity index (χ0v) is 18.8. The van der Waals surface area contributed by atoms with Gasteiger partial charge in [0.15, 0.2) is 5.16 Å². The van der Waals surface area contributed by atoms with Crippen LogP contribution in [-0.4, -0.2) is 20.7 Å². The monoisotopic (exact) mass is 464 g/mol. The number of nitrogens with one attached hydrogen (secondary N) is 1. The normalized spacial score (nSPS) is 14.3. The Hall–Kier alpha value is -2.97. The largest absolute Gasteiger partial charge is 0.325 e. The minimum atomic E-state index is -0.516. The number of halogens is 1. The molecule has 5 rings (SSSR count). The Kier molecular flexibility index (Phi) is 6.05. The first-order valence-corrected chi connectivity index (χ1v) is 12.2. The van der Waals surface area contributed by atoms with Crippen molar-refractivity contribution in [1.82, 2.24) is 14.8 Å². The number of hydrogen-bond acceptors (Lipinski definition) is 5. The molecule has 1 aliphatic rings. The van der Waals surface area contributed by atoms with E-state index in [0.717, 1.165) is 35.8 Å². The summed E-state index contributed by atoms with van der Waals surface area (Å²) < 4.78 is 15.5. The molecule has 0 unspecified atom stereocenters. The number of nitrogens with zero attached hydrogens (tertiary/aromatic N) is 3. The molecule has 2 aromatic heterocycles. The Morgan fingerprint density at radius 1 is 1.09 bits per heavy atom. The smallest absolute Gasteiger partial charge is 0.242 e. The van der Waals surface area contributed by atoms with Crippen molar-refractivity contribution in [2.45, 2.75) is 35.7 Å². The third-order valence-electron chi connectivity index (χ3n) is 5.24. The van der Waals surface area contributed by atoms with Crippen molar-refractivity contribution in [3.8, 4) is 0 Å². The van der Waals surface area contributed by atoms with Crippen LogP contribution in [0.25, 0.3) is 0 Å². The van der Waals surface area contributed by atoms with E-state index in [2.05, 4.69) is 31.5 Å². The Morgan fingerprint density at radius 2 is 1.88 bits per heavy atom. The second kappa shape index (κ2) is 9.26. The zero-order chi connectivity index (χ0) is 21.9. The van der Waals surface area contributed by atoms with Crippen LogP contribution in [0.4, 0.5) is 10.1 Å². The van der Waals surface area contributed by atoms with Crippen LogP contribution < -0.4 is 5.32 Å². The Bertz CT molecular complexity index is 1190. The molecule has 4 aromatic rings. The highest BCUT2D eigenvalue weighted by molar-refractivity contribution is 8.00. The maximum atomic E-state index is 13.3. The van der Waals surface area contributed by atoms with Gasteiger partial charge in [-0.05, 0) is 54.1 Å². The minimum Gasteiger partial charge on any atom is -0.325 e. The summed E-state index contributed by atoms with van der Waals surface area (Å²) in [6.45, 7) is 0. The molecule has 0 bridgehead atoms. The lowest BCUT2D eigenvalue weighted by Crippen LogP contribution is -2.19. The van der Waals surface area contributed by atoms with Crippen molar-refractivity contribution in [3.63, 3.8) is 0 Å². The molecule has 1 aliphatic carbocycles. The van der Waals surface area contributed by atoms with Gasteiger partial charge in [0.1, 0.15) is 16.9 Å². The predicted molar refractivity (Wildman–Crippen MR) is 125 cm³/mol. The number of amides is 1. The first-order valence-electron chi connectivity index (χ1n) is 10.4. The third kappa shape index (κ3) is 4.76. The second-order valence-corrected chi connectivity index (χ2v) is 9.77. The number of benzene rings is 2. The highest BCUT2D eigenvalue weighted by Crippen LogP contribution is 2.43. The fourth-order valence-corrected chi connectivity index (χ4v) is 5.35. The van der Waals surface area contributed by atoms with Crippen LogP contribution in [0.1, 0.15) is 40.4 Å². The number of hydrogen-bond donors (Lipinski definition) is 1. The maximum absolute atomic E-state index is 13.3. The van der Waals surface area contributed by atoms with E-state index < -0.39 is 5.25 Å². The lowest BCUT2D eigenvalue weighted by atomic mass is 10.1. The molecule has 1 fully saturated rings. The highest BCUT2D eigenvalue weighted by atomic mass is 32.2. The standard InChI is InChI=1S/C24H21FN4OS2/c25-17-8-10-18(11-9-17)26-23(30)22(16-5-2-1-3-6-16)32-24-28-27-21(29(24)19-12-13-19)15-20-7-4-14-31-20/h1-11,14,19,22H,12-13,15H2,(H,26,30)/t22-/m0/s1. The minimum absolute atomic E-state index is 0.182. The summed E-state index contributed by atoms with van der Waals surface area (Å²) in [5.74, 6) is 0.411. The summed E-state index contributed by atoms with van der Waals surface area (Å²) in [5.41, 5.74) is 1.43. The van der Waals surface area contributed by atoms with Crippen LogP contribution in [0.15, 0.2) is 77.3 Å². The number of carbonyl (C=O) groups excluding carboxylic acids is 1. The van der Waals surface area contributed by atoms with Gasteiger partial charge >= 0.3 is 0 Å². The zero-order valence-electron chi connectivity index (χ0n) is 17.1. The van der Waals surface area contributed by atoms with Gasteiger partial charge < -0.3 is 9.88 Å². The van der Waals surface area contributed by atoms with Crippen molar-refractivity contribution in [1.29, 1.82) is 0 Å². The van der Waals surface area contributed by atoms with Gasteiger partial charge in [0.05, 0.1) is 0 Å². The molecule has 8 heteroatoms. The number of anilines is 1. The molecule has 1 amide bonds. The van der Waals surface area contributed by atoms with Crippen LogP contribution in [0.5, 0.6) is 0 Å². The number of rotatable bonds is 8. The number of carbonyl (C=O) groups is 1. The van der Waals surface area contributed by atoms with Gasteiger partial charge in [0.2, 0.25) is 5.91 Å². The first kappa shape index (κ1) is 20.9. The van der Waals surface area contributed by atoms with E-state index in [0.29, 0.717) is 11.7 Å². The van der Waals surface area contributed by atoms with Crippen LogP contribution in [0.3, 0.4) is 0 Å². The average Bonchev–Trinajstić information content (AvgIpc) is 3.36. The van der Waals surface area contributed by atoms with E-state index in [9.17, 15) is 9.18 Å². The number of thiophene rings is 1. The van der Waals surface area contributed by atoms with Gasteiger partial charge in [0.25, 0.3) is 0 Å². The topological polar surface area (TPSA) is 59.8 Å². The van der Waals surface area contributed by atoms with E-state index in [4.69, 9.17) is 0 Å².